The van der Waals surface area contributed by atoms with Crippen LogP contribution in [0, 0.1) is 0 Å². The molecule has 10 nitrogen and oxygen atoms in total. The van der Waals surface area contributed by atoms with Gasteiger partial charge in [-0.3, -0.25) is 5.32 Å². The van der Waals surface area contributed by atoms with E-state index in [1.807, 2.05) is 0 Å². The lowest BCUT2D eigenvalue weighted by molar-refractivity contribution is 0.0695. The molecule has 0 radical (unpaired) electrons. The topological polar surface area (TPSA) is 97.8 Å². The molecule has 2 aromatic rings. The first-order valence-electron chi connectivity index (χ1n) is 9.14. The van der Waals surface area contributed by atoms with Gasteiger partial charge in [-0.25, -0.2) is 9.97 Å². The van der Waals surface area contributed by atoms with Gasteiger partial charge in [0.15, 0.2) is 11.6 Å². The zero-order valence-corrected chi connectivity index (χ0v) is 14.9. The first kappa shape index (κ1) is 16.5. The number of rotatable bonds is 3. The summed E-state index contributed by atoms with van der Waals surface area (Å²) in [5.41, 5.74) is 0. The van der Waals surface area contributed by atoms with Crippen LogP contribution in [0.5, 0.6) is 5.75 Å². The molecule has 2 fully saturated rings. The van der Waals surface area contributed by atoms with Crippen LogP contribution in [0.25, 0.3) is 0 Å². The normalized spacial score (nSPS) is 21.9. The number of hydrogen-bond acceptors (Lipinski definition) is 10. The Morgan fingerprint density at radius 1 is 0.889 bits per heavy atom. The zero-order chi connectivity index (χ0) is 18.1. The summed E-state index contributed by atoms with van der Waals surface area (Å²) >= 11 is 0. The zero-order valence-electron chi connectivity index (χ0n) is 14.9. The highest BCUT2D eigenvalue weighted by Crippen LogP contribution is 2.41. The van der Waals surface area contributed by atoms with Crippen molar-refractivity contribution in [1.82, 2.24) is 19.9 Å². The van der Waals surface area contributed by atoms with Crippen LogP contribution in [0.4, 0.5) is 23.5 Å². The maximum absolute atomic E-state index is 6.09. The maximum Gasteiger partial charge on any atom is 0.233 e. The van der Waals surface area contributed by atoms with Crippen molar-refractivity contribution < 1.29 is 14.2 Å². The van der Waals surface area contributed by atoms with Gasteiger partial charge in [-0.05, 0) is 6.07 Å². The molecular formula is C17H21N7O3. The molecule has 0 amide bonds. The maximum atomic E-state index is 6.09. The minimum atomic E-state index is 0.166. The van der Waals surface area contributed by atoms with Crippen molar-refractivity contribution in [2.24, 2.45) is 0 Å². The van der Waals surface area contributed by atoms with E-state index in [4.69, 9.17) is 24.2 Å². The monoisotopic (exact) mass is 371 g/mol. The predicted octanol–water partition coefficient (Wildman–Crippen LogP) is 0.444. The van der Waals surface area contributed by atoms with Gasteiger partial charge in [0, 0.05) is 32.0 Å². The molecule has 10 heteroatoms. The third kappa shape index (κ3) is 3.21. The van der Waals surface area contributed by atoms with Gasteiger partial charge in [0.2, 0.25) is 17.6 Å². The second-order valence-electron chi connectivity index (χ2n) is 6.55. The van der Waals surface area contributed by atoms with Gasteiger partial charge in [0.05, 0.1) is 32.5 Å². The average molecular weight is 371 g/mol. The Bertz CT molecular complexity index is 783. The Hall–Kier alpha value is -2.72. The lowest BCUT2D eigenvalue weighted by Gasteiger charge is -2.41. The number of hydrogen-bond donors (Lipinski definition) is 1. The summed E-state index contributed by atoms with van der Waals surface area (Å²) in [7, 11) is 0. The minimum Gasteiger partial charge on any atom is -0.484 e. The van der Waals surface area contributed by atoms with E-state index < -0.39 is 0 Å². The summed E-state index contributed by atoms with van der Waals surface area (Å²) in [5.74, 6) is 3.23. The number of nitrogens with zero attached hydrogens (tertiary/aromatic N) is 6. The van der Waals surface area contributed by atoms with E-state index in [0.717, 1.165) is 37.0 Å². The molecule has 5 heterocycles. The molecule has 0 spiro atoms. The molecule has 3 aliphatic heterocycles. The molecule has 1 atom stereocenters. The molecule has 2 saturated heterocycles. The van der Waals surface area contributed by atoms with Gasteiger partial charge in [-0.2, -0.15) is 9.97 Å². The standard InChI is InChI=1S/C17H21N7O3/c1-2-18-16(19-3-1)22-17-20-14(23-4-7-25-8-5-23)13-15(21-17)24-6-9-26-10-12(24)11-27-13/h1-3,12H,4-11H2,(H,18,19,20,21,22). The predicted molar refractivity (Wildman–Crippen MR) is 97.8 cm³/mol. The van der Waals surface area contributed by atoms with Crippen LogP contribution in [-0.2, 0) is 9.47 Å². The van der Waals surface area contributed by atoms with Crippen LogP contribution in [0.15, 0.2) is 18.5 Å². The number of ether oxygens (including phenoxy) is 3. The van der Waals surface area contributed by atoms with Crippen molar-refractivity contribution in [3.63, 3.8) is 0 Å². The number of morpholine rings is 2. The smallest absolute Gasteiger partial charge is 0.233 e. The number of fused-ring (bicyclic) bond motifs is 3. The number of aromatic nitrogens is 4. The molecule has 1 unspecified atom stereocenters. The number of anilines is 4. The first-order valence-corrected chi connectivity index (χ1v) is 9.14. The van der Waals surface area contributed by atoms with Gasteiger partial charge in [0.25, 0.3) is 0 Å². The summed E-state index contributed by atoms with van der Waals surface area (Å²) in [6.45, 7) is 5.54. The Morgan fingerprint density at radius 2 is 1.67 bits per heavy atom. The van der Waals surface area contributed by atoms with Crippen molar-refractivity contribution in [3.05, 3.63) is 18.5 Å². The fourth-order valence-electron chi connectivity index (χ4n) is 3.51. The van der Waals surface area contributed by atoms with Crippen LogP contribution >= 0.6 is 0 Å². The summed E-state index contributed by atoms with van der Waals surface area (Å²) in [4.78, 5) is 22.3. The van der Waals surface area contributed by atoms with Crippen molar-refractivity contribution in [2.75, 3.05) is 67.8 Å². The second-order valence-corrected chi connectivity index (χ2v) is 6.55. The van der Waals surface area contributed by atoms with Gasteiger partial charge in [-0.15, -0.1) is 0 Å². The third-order valence-electron chi connectivity index (χ3n) is 4.85. The third-order valence-corrected chi connectivity index (χ3v) is 4.85. The quantitative estimate of drug-likeness (QED) is 0.818. The van der Waals surface area contributed by atoms with Gasteiger partial charge < -0.3 is 24.0 Å². The molecular weight excluding hydrogens is 350 g/mol. The Morgan fingerprint density at radius 3 is 2.52 bits per heavy atom. The highest BCUT2D eigenvalue weighted by atomic mass is 16.5. The van der Waals surface area contributed by atoms with E-state index in [1.165, 1.54) is 0 Å². The lowest BCUT2D eigenvalue weighted by atomic mass is 10.2. The number of nitrogens with one attached hydrogen (secondary N) is 1. The first-order chi connectivity index (χ1) is 13.4. The fourth-order valence-corrected chi connectivity index (χ4v) is 3.51. The molecule has 3 aliphatic rings. The van der Waals surface area contributed by atoms with Gasteiger partial charge in [0.1, 0.15) is 6.61 Å². The highest BCUT2D eigenvalue weighted by molar-refractivity contribution is 5.71. The minimum absolute atomic E-state index is 0.166. The molecule has 0 aliphatic carbocycles. The largest absolute Gasteiger partial charge is 0.484 e. The molecule has 0 aromatic carbocycles. The van der Waals surface area contributed by atoms with E-state index in [0.29, 0.717) is 44.9 Å². The Labute approximate surface area is 156 Å². The summed E-state index contributed by atoms with van der Waals surface area (Å²) < 4.78 is 17.2. The average Bonchev–Trinajstić information content (AvgIpc) is 2.74. The Balaban J connectivity index is 1.55. The molecule has 2 aromatic heterocycles. The Kier molecular flexibility index (Phi) is 4.34. The highest BCUT2D eigenvalue weighted by Gasteiger charge is 2.35. The van der Waals surface area contributed by atoms with E-state index in [2.05, 4.69) is 25.1 Å². The van der Waals surface area contributed by atoms with E-state index in [9.17, 15) is 0 Å². The van der Waals surface area contributed by atoms with E-state index >= 15 is 0 Å². The molecule has 142 valence electrons. The van der Waals surface area contributed by atoms with Crippen molar-refractivity contribution in [1.29, 1.82) is 0 Å². The summed E-state index contributed by atoms with van der Waals surface area (Å²) in [5, 5.41) is 3.11. The molecule has 27 heavy (non-hydrogen) atoms. The van der Waals surface area contributed by atoms with Crippen LogP contribution in [0.3, 0.4) is 0 Å². The summed E-state index contributed by atoms with van der Waals surface area (Å²) in [6, 6.07) is 1.93. The van der Waals surface area contributed by atoms with Crippen LogP contribution in [-0.4, -0.2) is 78.6 Å². The van der Waals surface area contributed by atoms with Gasteiger partial charge >= 0.3 is 0 Å². The molecule has 1 N–H and O–H groups in total. The van der Waals surface area contributed by atoms with Crippen LogP contribution in [0.1, 0.15) is 0 Å². The second kappa shape index (κ2) is 7.12. The van der Waals surface area contributed by atoms with E-state index in [-0.39, 0.29) is 6.04 Å². The lowest BCUT2D eigenvalue weighted by Crippen LogP contribution is -2.52. The van der Waals surface area contributed by atoms with Crippen LogP contribution in [0.2, 0.25) is 0 Å². The van der Waals surface area contributed by atoms with Gasteiger partial charge in [-0.1, -0.05) is 0 Å². The van der Waals surface area contributed by atoms with Crippen molar-refractivity contribution >= 4 is 23.5 Å². The molecule has 0 saturated carbocycles. The SMILES string of the molecule is c1cnc(Nc2nc(N3CCOCC3)c3c(n2)N2CCOCC2CO3)nc1. The fraction of sp³-hybridized carbons (Fsp3) is 0.529. The van der Waals surface area contributed by atoms with Crippen molar-refractivity contribution in [2.45, 2.75) is 6.04 Å². The van der Waals surface area contributed by atoms with Crippen LogP contribution < -0.4 is 19.9 Å². The molecule has 5 rings (SSSR count). The van der Waals surface area contributed by atoms with Crippen molar-refractivity contribution in [3.8, 4) is 5.75 Å². The summed E-state index contributed by atoms with van der Waals surface area (Å²) in [6.07, 6.45) is 3.36. The van der Waals surface area contributed by atoms with E-state index in [1.54, 1.807) is 18.5 Å². The molecule has 0 bridgehead atoms.